The Morgan fingerprint density at radius 2 is 1.76 bits per heavy atom. The minimum Gasteiger partial charge on any atom is -0.478 e. The van der Waals surface area contributed by atoms with Crippen LogP contribution in [-0.2, 0) is 6.54 Å². The molecule has 0 saturated heterocycles. The van der Waals surface area contributed by atoms with Crippen LogP contribution in [0.5, 0.6) is 0 Å². The number of aromatic carboxylic acids is 1. The fraction of sp³-hybridized carbons (Fsp3) is 0.0625. The lowest BCUT2D eigenvalue weighted by atomic mass is 10.1. The minimum atomic E-state index is -1.19. The van der Waals surface area contributed by atoms with Gasteiger partial charge in [-0.15, -0.1) is 0 Å². The van der Waals surface area contributed by atoms with Gasteiger partial charge in [0.05, 0.1) is 11.1 Å². The van der Waals surface area contributed by atoms with Gasteiger partial charge in [-0.25, -0.2) is 13.6 Å². The smallest absolute Gasteiger partial charge is 0.336 e. The summed E-state index contributed by atoms with van der Waals surface area (Å²) in [6.07, 6.45) is 1.75. The van der Waals surface area contributed by atoms with Gasteiger partial charge in [0, 0.05) is 12.7 Å². The minimum absolute atomic E-state index is 0.0896. The van der Waals surface area contributed by atoms with Crippen LogP contribution in [0.4, 0.5) is 8.78 Å². The molecule has 5 heteroatoms. The van der Waals surface area contributed by atoms with Gasteiger partial charge in [0.2, 0.25) is 0 Å². The Morgan fingerprint density at radius 1 is 1.05 bits per heavy atom. The van der Waals surface area contributed by atoms with E-state index in [9.17, 15) is 13.6 Å². The number of carboxylic acid groups (broad SMARTS) is 1. The van der Waals surface area contributed by atoms with Crippen molar-refractivity contribution in [2.45, 2.75) is 6.54 Å². The molecule has 106 valence electrons. The van der Waals surface area contributed by atoms with E-state index in [0.29, 0.717) is 11.1 Å². The zero-order valence-corrected chi connectivity index (χ0v) is 10.9. The second kappa shape index (κ2) is 5.01. The van der Waals surface area contributed by atoms with Gasteiger partial charge >= 0.3 is 5.97 Å². The van der Waals surface area contributed by atoms with Crippen LogP contribution in [0.25, 0.3) is 10.9 Å². The average Bonchev–Trinajstić information content (AvgIpc) is 2.83. The van der Waals surface area contributed by atoms with E-state index in [1.54, 1.807) is 16.8 Å². The van der Waals surface area contributed by atoms with Crippen LogP contribution in [0.2, 0.25) is 0 Å². The van der Waals surface area contributed by atoms with Crippen molar-refractivity contribution >= 4 is 16.9 Å². The highest BCUT2D eigenvalue weighted by Crippen LogP contribution is 2.20. The molecular weight excluding hydrogens is 276 g/mol. The predicted octanol–water partition coefficient (Wildman–Crippen LogP) is 3.67. The summed E-state index contributed by atoms with van der Waals surface area (Å²) in [5.41, 5.74) is 1.04. The molecule has 0 amide bonds. The van der Waals surface area contributed by atoms with Crippen LogP contribution in [0, 0.1) is 11.6 Å². The Bertz CT molecular complexity index is 839. The molecule has 1 aromatic heterocycles. The largest absolute Gasteiger partial charge is 0.478 e. The van der Waals surface area contributed by atoms with Crippen LogP contribution in [0.15, 0.2) is 48.7 Å². The molecule has 0 radical (unpaired) electrons. The molecule has 0 fully saturated rings. The topological polar surface area (TPSA) is 42.2 Å². The SMILES string of the molecule is O=C(O)c1cc(F)ccc1Cn1ccc2ccc(F)cc21. The standard InChI is InChI=1S/C16H11F2NO2/c17-12-4-2-11(14(7-12)16(20)21)9-19-6-5-10-1-3-13(18)8-15(10)19/h1-8H,9H2,(H,20,21). The first-order chi connectivity index (χ1) is 10.0. The highest BCUT2D eigenvalue weighted by Gasteiger charge is 2.12. The van der Waals surface area contributed by atoms with Crippen molar-refractivity contribution in [3.63, 3.8) is 0 Å². The molecule has 0 aliphatic rings. The molecule has 0 atom stereocenters. The zero-order chi connectivity index (χ0) is 15.0. The molecule has 0 aliphatic heterocycles. The van der Waals surface area contributed by atoms with E-state index in [-0.39, 0.29) is 17.9 Å². The number of hydrogen-bond acceptors (Lipinski definition) is 1. The second-order valence-corrected chi connectivity index (χ2v) is 4.75. The van der Waals surface area contributed by atoms with Crippen molar-refractivity contribution < 1.29 is 18.7 Å². The third-order valence-corrected chi connectivity index (χ3v) is 3.38. The fourth-order valence-electron chi connectivity index (χ4n) is 2.36. The molecule has 0 unspecified atom stereocenters. The number of aromatic nitrogens is 1. The number of halogens is 2. The van der Waals surface area contributed by atoms with Crippen molar-refractivity contribution in [3.8, 4) is 0 Å². The van der Waals surface area contributed by atoms with Gasteiger partial charge in [-0.2, -0.15) is 0 Å². The van der Waals surface area contributed by atoms with Gasteiger partial charge in [0.25, 0.3) is 0 Å². The normalized spacial score (nSPS) is 11.0. The molecule has 0 bridgehead atoms. The molecular formula is C16H11F2NO2. The van der Waals surface area contributed by atoms with E-state index in [1.165, 1.54) is 24.3 Å². The average molecular weight is 287 g/mol. The lowest BCUT2D eigenvalue weighted by molar-refractivity contribution is 0.0695. The van der Waals surface area contributed by atoms with Gasteiger partial charge in [-0.1, -0.05) is 6.07 Å². The number of carbonyl (C=O) groups is 1. The molecule has 21 heavy (non-hydrogen) atoms. The molecule has 0 saturated carbocycles. The van der Waals surface area contributed by atoms with E-state index >= 15 is 0 Å². The van der Waals surface area contributed by atoms with Crippen LogP contribution in [-0.4, -0.2) is 15.6 Å². The zero-order valence-electron chi connectivity index (χ0n) is 10.9. The van der Waals surface area contributed by atoms with Crippen molar-refractivity contribution in [1.29, 1.82) is 0 Å². The van der Waals surface area contributed by atoms with Gasteiger partial charge in [-0.3, -0.25) is 0 Å². The number of rotatable bonds is 3. The van der Waals surface area contributed by atoms with Gasteiger partial charge in [0.1, 0.15) is 11.6 Å². The summed E-state index contributed by atoms with van der Waals surface area (Å²) >= 11 is 0. The van der Waals surface area contributed by atoms with Crippen LogP contribution in [0.3, 0.4) is 0 Å². The quantitative estimate of drug-likeness (QED) is 0.798. The number of benzene rings is 2. The first kappa shape index (κ1) is 13.3. The molecule has 3 nitrogen and oxygen atoms in total. The summed E-state index contributed by atoms with van der Waals surface area (Å²) in [5.74, 6) is -2.15. The Kier molecular flexibility index (Phi) is 3.17. The molecule has 3 rings (SSSR count). The van der Waals surface area contributed by atoms with Crippen LogP contribution >= 0.6 is 0 Å². The van der Waals surface area contributed by atoms with E-state index in [0.717, 1.165) is 11.5 Å². The van der Waals surface area contributed by atoms with Gasteiger partial charge in [0.15, 0.2) is 0 Å². The molecule has 1 heterocycles. The lowest BCUT2D eigenvalue weighted by Gasteiger charge is -2.09. The Hall–Kier alpha value is -2.69. The summed E-state index contributed by atoms with van der Waals surface area (Å²) in [6, 6.07) is 9.87. The van der Waals surface area contributed by atoms with Crippen LogP contribution in [0.1, 0.15) is 15.9 Å². The first-order valence-corrected chi connectivity index (χ1v) is 6.31. The maximum Gasteiger partial charge on any atom is 0.336 e. The second-order valence-electron chi connectivity index (χ2n) is 4.75. The summed E-state index contributed by atoms with van der Waals surface area (Å²) in [4.78, 5) is 11.2. The summed E-state index contributed by atoms with van der Waals surface area (Å²) in [6.45, 7) is 0.231. The predicted molar refractivity (Wildman–Crippen MR) is 74.4 cm³/mol. The molecule has 1 N–H and O–H groups in total. The molecule has 0 aliphatic carbocycles. The maximum atomic E-state index is 13.3. The van der Waals surface area contributed by atoms with Crippen LogP contribution < -0.4 is 0 Å². The number of carboxylic acids is 1. The number of nitrogens with zero attached hydrogens (tertiary/aromatic N) is 1. The van der Waals surface area contributed by atoms with Crippen molar-refractivity contribution in [2.24, 2.45) is 0 Å². The number of hydrogen-bond donors (Lipinski definition) is 1. The fourth-order valence-corrected chi connectivity index (χ4v) is 2.36. The highest BCUT2D eigenvalue weighted by molar-refractivity contribution is 5.89. The molecule has 3 aromatic rings. The Morgan fingerprint density at radius 3 is 2.52 bits per heavy atom. The monoisotopic (exact) mass is 287 g/mol. The van der Waals surface area contributed by atoms with E-state index < -0.39 is 11.8 Å². The van der Waals surface area contributed by atoms with Crippen molar-refractivity contribution in [2.75, 3.05) is 0 Å². The third-order valence-electron chi connectivity index (χ3n) is 3.38. The summed E-state index contributed by atoms with van der Waals surface area (Å²) in [5, 5.41) is 10.00. The van der Waals surface area contributed by atoms with E-state index in [2.05, 4.69) is 0 Å². The maximum absolute atomic E-state index is 13.3. The summed E-state index contributed by atoms with van der Waals surface area (Å²) < 4.78 is 28.2. The molecule has 0 spiro atoms. The van der Waals surface area contributed by atoms with E-state index in [4.69, 9.17) is 5.11 Å². The lowest BCUT2D eigenvalue weighted by Crippen LogP contribution is -2.07. The first-order valence-electron chi connectivity index (χ1n) is 6.31. The van der Waals surface area contributed by atoms with Crippen molar-refractivity contribution in [3.05, 3.63) is 71.4 Å². The van der Waals surface area contributed by atoms with Gasteiger partial charge in [-0.05, 0) is 47.3 Å². The summed E-state index contributed by atoms with van der Waals surface area (Å²) in [7, 11) is 0. The highest BCUT2D eigenvalue weighted by atomic mass is 19.1. The van der Waals surface area contributed by atoms with Gasteiger partial charge < -0.3 is 9.67 Å². The number of fused-ring (bicyclic) bond motifs is 1. The molecule has 2 aromatic carbocycles. The Balaban J connectivity index is 2.06. The van der Waals surface area contributed by atoms with Crippen molar-refractivity contribution in [1.82, 2.24) is 4.57 Å². The van der Waals surface area contributed by atoms with E-state index in [1.807, 2.05) is 6.07 Å². The Labute approximate surface area is 119 Å². The third kappa shape index (κ3) is 2.50.